The van der Waals surface area contributed by atoms with Crippen molar-refractivity contribution in [1.82, 2.24) is 4.90 Å². The van der Waals surface area contributed by atoms with Gasteiger partial charge in [0.05, 0.1) is 18.3 Å². The molecule has 1 aliphatic heterocycles. The summed E-state index contributed by atoms with van der Waals surface area (Å²) in [5.41, 5.74) is 3.27. The summed E-state index contributed by atoms with van der Waals surface area (Å²) in [6, 6.07) is 5.84. The molecular formula is C22H26N2O5. The second kappa shape index (κ2) is 8.35. The number of nitrogens with one attached hydrogen (secondary N) is 1. The number of benzene rings is 1. The first-order chi connectivity index (χ1) is 14.0. The van der Waals surface area contributed by atoms with Crippen LogP contribution in [-0.4, -0.2) is 41.7 Å². The number of rotatable bonds is 6. The van der Waals surface area contributed by atoms with E-state index in [1.165, 1.54) is 16.0 Å². The molecule has 0 radical (unpaired) electrons. The maximum Gasteiger partial charge on any atom is 0.308 e. The van der Waals surface area contributed by atoms with Crippen LogP contribution in [0.5, 0.6) is 0 Å². The maximum absolute atomic E-state index is 12.4. The van der Waals surface area contributed by atoms with Crippen LogP contribution in [0.15, 0.2) is 18.2 Å². The lowest BCUT2D eigenvalue weighted by Crippen LogP contribution is -2.33. The lowest BCUT2D eigenvalue weighted by atomic mass is 9.81. The number of likely N-dealkylation sites (tertiary alicyclic amines) is 1. The highest BCUT2D eigenvalue weighted by molar-refractivity contribution is 6.05. The minimum Gasteiger partial charge on any atom is -0.456 e. The lowest BCUT2D eigenvalue weighted by molar-refractivity contribution is -0.148. The number of hydrogen-bond acceptors (Lipinski definition) is 5. The van der Waals surface area contributed by atoms with Crippen LogP contribution < -0.4 is 5.32 Å². The Morgan fingerprint density at radius 2 is 1.69 bits per heavy atom. The van der Waals surface area contributed by atoms with Crippen molar-refractivity contribution in [2.24, 2.45) is 11.8 Å². The first-order valence-corrected chi connectivity index (χ1v) is 10.5. The van der Waals surface area contributed by atoms with E-state index in [4.69, 9.17) is 4.74 Å². The summed E-state index contributed by atoms with van der Waals surface area (Å²) in [6.45, 7) is -0.362. The van der Waals surface area contributed by atoms with Crippen molar-refractivity contribution in [2.75, 3.05) is 18.5 Å². The van der Waals surface area contributed by atoms with Gasteiger partial charge in [0.15, 0.2) is 6.61 Å². The normalized spacial score (nSPS) is 23.0. The van der Waals surface area contributed by atoms with Gasteiger partial charge in [-0.2, -0.15) is 0 Å². The fourth-order valence-corrected chi connectivity index (χ4v) is 4.72. The number of anilines is 1. The summed E-state index contributed by atoms with van der Waals surface area (Å²) in [5, 5.41) is 2.74. The molecule has 2 aliphatic carbocycles. The van der Waals surface area contributed by atoms with Crippen LogP contribution in [0.1, 0.15) is 49.7 Å². The molecule has 1 aromatic rings. The van der Waals surface area contributed by atoms with Gasteiger partial charge in [-0.15, -0.1) is 0 Å². The molecule has 1 N–H and O–H groups in total. The Labute approximate surface area is 169 Å². The molecule has 2 fully saturated rings. The van der Waals surface area contributed by atoms with Crippen LogP contribution >= 0.6 is 0 Å². The van der Waals surface area contributed by atoms with Crippen molar-refractivity contribution in [3.63, 3.8) is 0 Å². The van der Waals surface area contributed by atoms with Gasteiger partial charge in [-0.3, -0.25) is 24.1 Å². The quantitative estimate of drug-likeness (QED) is 0.586. The molecule has 7 nitrogen and oxygen atoms in total. The largest absolute Gasteiger partial charge is 0.456 e. The second-order valence-electron chi connectivity index (χ2n) is 8.12. The average Bonchev–Trinajstić information content (AvgIpc) is 3.28. The highest BCUT2D eigenvalue weighted by atomic mass is 16.5. The molecule has 1 saturated carbocycles. The number of ether oxygens (including phenoxy) is 1. The summed E-state index contributed by atoms with van der Waals surface area (Å²) in [6.07, 6.45) is 6.56. The van der Waals surface area contributed by atoms with Crippen molar-refractivity contribution in [3.8, 4) is 0 Å². The van der Waals surface area contributed by atoms with E-state index in [0.717, 1.165) is 44.9 Å². The molecule has 3 amide bonds. The third kappa shape index (κ3) is 4.18. The number of aryl methyl sites for hydroxylation is 2. The van der Waals surface area contributed by atoms with Crippen molar-refractivity contribution in [3.05, 3.63) is 29.3 Å². The minimum atomic E-state index is -0.593. The van der Waals surface area contributed by atoms with E-state index in [2.05, 4.69) is 5.32 Å². The van der Waals surface area contributed by atoms with Crippen molar-refractivity contribution in [1.29, 1.82) is 0 Å². The van der Waals surface area contributed by atoms with Crippen LogP contribution in [0, 0.1) is 11.8 Å². The van der Waals surface area contributed by atoms with E-state index in [9.17, 15) is 19.2 Å². The SMILES string of the molecule is O=C(COC(=O)CCN1C(=O)[C@H]2CCCC[C@@H]2C1=O)Nc1ccc2c(c1)CCC2. The third-order valence-electron chi connectivity index (χ3n) is 6.22. The smallest absolute Gasteiger partial charge is 0.308 e. The van der Waals surface area contributed by atoms with E-state index in [1.54, 1.807) is 0 Å². The highest BCUT2D eigenvalue weighted by Crippen LogP contribution is 2.38. The molecule has 2 atom stereocenters. The van der Waals surface area contributed by atoms with Gasteiger partial charge < -0.3 is 10.1 Å². The minimum absolute atomic E-state index is 0.0238. The molecule has 1 heterocycles. The standard InChI is InChI=1S/C22H26N2O5/c25-19(23-16-9-8-14-4-3-5-15(14)12-16)13-29-20(26)10-11-24-21(27)17-6-1-2-7-18(17)22(24)28/h8-9,12,17-18H,1-7,10-11,13H2,(H,23,25)/t17-,18-/m0/s1. The average molecular weight is 398 g/mol. The van der Waals surface area contributed by atoms with Crippen LogP contribution in [-0.2, 0) is 36.8 Å². The van der Waals surface area contributed by atoms with Gasteiger partial charge in [0.25, 0.3) is 5.91 Å². The summed E-state index contributed by atoms with van der Waals surface area (Å²) < 4.78 is 5.02. The summed E-state index contributed by atoms with van der Waals surface area (Å²) in [7, 11) is 0. The molecule has 3 aliphatic rings. The Hall–Kier alpha value is -2.70. The Bertz CT molecular complexity index is 826. The number of imide groups is 1. The Morgan fingerprint density at radius 1 is 1.00 bits per heavy atom. The van der Waals surface area contributed by atoms with Crippen molar-refractivity contribution < 1.29 is 23.9 Å². The van der Waals surface area contributed by atoms with Gasteiger partial charge in [0, 0.05) is 12.2 Å². The third-order valence-corrected chi connectivity index (χ3v) is 6.22. The summed E-state index contributed by atoms with van der Waals surface area (Å²) in [4.78, 5) is 50.0. The fraction of sp³-hybridized carbons (Fsp3) is 0.545. The Balaban J connectivity index is 1.21. The van der Waals surface area contributed by atoms with Crippen LogP contribution in [0.2, 0.25) is 0 Å². The predicted molar refractivity (Wildman–Crippen MR) is 105 cm³/mol. The van der Waals surface area contributed by atoms with Crippen molar-refractivity contribution >= 4 is 29.4 Å². The van der Waals surface area contributed by atoms with E-state index < -0.39 is 11.9 Å². The molecule has 29 heavy (non-hydrogen) atoms. The van der Waals surface area contributed by atoms with Crippen molar-refractivity contribution in [2.45, 2.75) is 51.4 Å². The van der Waals surface area contributed by atoms with E-state index in [0.29, 0.717) is 5.69 Å². The fourth-order valence-electron chi connectivity index (χ4n) is 4.72. The first kappa shape index (κ1) is 19.6. The van der Waals surface area contributed by atoms with Gasteiger partial charge in [-0.25, -0.2) is 0 Å². The molecule has 1 aromatic carbocycles. The van der Waals surface area contributed by atoms with E-state index in [-0.39, 0.29) is 43.2 Å². The summed E-state index contributed by atoms with van der Waals surface area (Å²) in [5.74, 6) is -1.76. The number of carbonyl (C=O) groups excluding carboxylic acids is 4. The van der Waals surface area contributed by atoms with Crippen LogP contribution in [0.3, 0.4) is 0 Å². The molecule has 154 valence electrons. The number of carbonyl (C=O) groups is 4. The van der Waals surface area contributed by atoms with Gasteiger partial charge in [0.2, 0.25) is 11.8 Å². The number of amides is 3. The van der Waals surface area contributed by atoms with Gasteiger partial charge in [-0.1, -0.05) is 18.9 Å². The number of hydrogen-bond donors (Lipinski definition) is 1. The monoisotopic (exact) mass is 398 g/mol. The molecule has 0 bridgehead atoms. The zero-order valence-electron chi connectivity index (χ0n) is 16.4. The number of nitrogens with zero attached hydrogens (tertiary/aromatic N) is 1. The van der Waals surface area contributed by atoms with Gasteiger partial charge in [0.1, 0.15) is 0 Å². The molecule has 7 heteroatoms. The predicted octanol–water partition coefficient (Wildman–Crippen LogP) is 2.22. The van der Waals surface area contributed by atoms with Gasteiger partial charge in [-0.05, 0) is 55.4 Å². The topological polar surface area (TPSA) is 92.8 Å². The van der Waals surface area contributed by atoms with E-state index in [1.807, 2.05) is 18.2 Å². The zero-order chi connectivity index (χ0) is 20.4. The second-order valence-corrected chi connectivity index (χ2v) is 8.12. The molecule has 0 unspecified atom stereocenters. The number of esters is 1. The van der Waals surface area contributed by atoms with E-state index >= 15 is 0 Å². The molecular weight excluding hydrogens is 372 g/mol. The molecule has 1 saturated heterocycles. The molecule has 0 spiro atoms. The Morgan fingerprint density at radius 3 is 2.41 bits per heavy atom. The lowest BCUT2D eigenvalue weighted by Gasteiger charge is -2.19. The summed E-state index contributed by atoms with van der Waals surface area (Å²) >= 11 is 0. The number of fused-ring (bicyclic) bond motifs is 2. The molecule has 0 aromatic heterocycles. The van der Waals surface area contributed by atoms with Gasteiger partial charge >= 0.3 is 5.97 Å². The zero-order valence-corrected chi connectivity index (χ0v) is 16.4. The molecule has 4 rings (SSSR count). The highest BCUT2D eigenvalue weighted by Gasteiger charge is 2.47. The first-order valence-electron chi connectivity index (χ1n) is 10.5. The Kier molecular flexibility index (Phi) is 5.65. The van der Waals surface area contributed by atoms with Crippen LogP contribution in [0.25, 0.3) is 0 Å². The maximum atomic E-state index is 12.4. The van der Waals surface area contributed by atoms with Crippen LogP contribution in [0.4, 0.5) is 5.69 Å².